The number of hydrogen-bond donors (Lipinski definition) is 2. The summed E-state index contributed by atoms with van der Waals surface area (Å²) in [6.07, 6.45) is 0. The van der Waals surface area contributed by atoms with E-state index in [2.05, 4.69) is 15.7 Å². The molecule has 1 heterocycles. The number of aryl methyl sites for hydroxylation is 1. The van der Waals surface area contributed by atoms with Gasteiger partial charge in [-0.2, -0.15) is 5.10 Å². The van der Waals surface area contributed by atoms with Gasteiger partial charge in [0.05, 0.1) is 16.6 Å². The van der Waals surface area contributed by atoms with Crippen LogP contribution < -0.4 is 10.6 Å². The van der Waals surface area contributed by atoms with E-state index in [9.17, 15) is 0 Å². The van der Waals surface area contributed by atoms with E-state index in [4.69, 9.17) is 35.4 Å². The molecule has 0 spiro atoms. The summed E-state index contributed by atoms with van der Waals surface area (Å²) in [4.78, 5) is 0. The molecular formula is C15H18Cl2N4S. The van der Waals surface area contributed by atoms with E-state index >= 15 is 0 Å². The number of hydrogen-bond acceptors (Lipinski definition) is 2. The minimum Gasteiger partial charge on any atom is -0.360 e. The van der Waals surface area contributed by atoms with Crippen LogP contribution in [0.2, 0.25) is 10.0 Å². The van der Waals surface area contributed by atoms with Gasteiger partial charge >= 0.3 is 0 Å². The van der Waals surface area contributed by atoms with Gasteiger partial charge in [0, 0.05) is 17.8 Å². The lowest BCUT2D eigenvalue weighted by Gasteiger charge is -2.11. The van der Waals surface area contributed by atoms with Crippen LogP contribution in [0.15, 0.2) is 24.3 Å². The highest BCUT2D eigenvalue weighted by Crippen LogP contribution is 2.23. The molecule has 2 N–H and O–H groups in total. The Morgan fingerprint density at radius 1 is 1.27 bits per heavy atom. The lowest BCUT2D eigenvalue weighted by Crippen LogP contribution is -2.34. The monoisotopic (exact) mass is 356 g/mol. The zero-order chi connectivity index (χ0) is 16.3. The third-order valence-electron chi connectivity index (χ3n) is 2.96. The van der Waals surface area contributed by atoms with Crippen LogP contribution in [0.1, 0.15) is 25.1 Å². The van der Waals surface area contributed by atoms with Gasteiger partial charge in [-0.3, -0.25) is 4.68 Å². The van der Waals surface area contributed by atoms with E-state index < -0.39 is 0 Å². The quantitative estimate of drug-likeness (QED) is 0.803. The van der Waals surface area contributed by atoms with Crippen LogP contribution >= 0.6 is 35.4 Å². The molecule has 0 aliphatic carbocycles. The minimum absolute atomic E-state index is 0.277. The summed E-state index contributed by atoms with van der Waals surface area (Å²) in [6.45, 7) is 6.67. The van der Waals surface area contributed by atoms with E-state index in [0.717, 1.165) is 17.1 Å². The van der Waals surface area contributed by atoms with E-state index in [1.807, 2.05) is 43.7 Å². The van der Waals surface area contributed by atoms with Crippen LogP contribution in [-0.2, 0) is 6.54 Å². The third-order valence-corrected chi connectivity index (χ3v) is 3.92. The van der Waals surface area contributed by atoms with Crippen LogP contribution in [0.25, 0.3) is 0 Å². The summed E-state index contributed by atoms with van der Waals surface area (Å²) in [7, 11) is 0. The third kappa shape index (κ3) is 4.60. The average molecular weight is 357 g/mol. The van der Waals surface area contributed by atoms with E-state index in [-0.39, 0.29) is 6.04 Å². The lowest BCUT2D eigenvalue weighted by atomic mass is 10.2. The van der Waals surface area contributed by atoms with Gasteiger partial charge in [0.25, 0.3) is 0 Å². The van der Waals surface area contributed by atoms with Crippen LogP contribution in [0.5, 0.6) is 0 Å². The van der Waals surface area contributed by atoms with Crippen LogP contribution in [-0.4, -0.2) is 20.9 Å². The summed E-state index contributed by atoms with van der Waals surface area (Å²) in [6, 6.07) is 7.81. The van der Waals surface area contributed by atoms with Crippen molar-refractivity contribution in [2.75, 3.05) is 5.32 Å². The predicted octanol–water partition coefficient (Wildman–Crippen LogP) is 4.24. The Bertz CT molecular complexity index is 682. The first kappa shape index (κ1) is 17.1. The molecule has 0 amide bonds. The van der Waals surface area contributed by atoms with Crippen molar-refractivity contribution in [3.05, 3.63) is 45.6 Å². The Hall–Kier alpha value is -1.30. The molecule has 0 aliphatic rings. The number of nitrogens with zero attached hydrogens (tertiary/aromatic N) is 2. The fourth-order valence-corrected chi connectivity index (χ4v) is 2.62. The molecule has 0 atom stereocenters. The maximum absolute atomic E-state index is 6.04. The van der Waals surface area contributed by atoms with Crippen LogP contribution in [0.3, 0.4) is 0 Å². The Kier molecular flexibility index (Phi) is 5.67. The predicted molar refractivity (Wildman–Crippen MR) is 97.0 cm³/mol. The Labute approximate surface area is 145 Å². The van der Waals surface area contributed by atoms with Crippen molar-refractivity contribution in [3.63, 3.8) is 0 Å². The standard InChI is InChI=1S/C15H18Cl2N4S/c1-9(2)18-15(22)19-14-6-10(3)21(20-14)8-11-4-5-12(16)13(17)7-11/h4-7,9H,8H2,1-3H3,(H2,18,19,20,22). The molecule has 2 aromatic rings. The zero-order valence-corrected chi connectivity index (χ0v) is 15.0. The summed E-state index contributed by atoms with van der Waals surface area (Å²) in [5.74, 6) is 0.718. The van der Waals surface area contributed by atoms with Gasteiger partial charge in [0.15, 0.2) is 10.9 Å². The second kappa shape index (κ2) is 7.31. The SMILES string of the molecule is Cc1cc(NC(=S)NC(C)C)nn1Cc1ccc(Cl)c(Cl)c1. The second-order valence-electron chi connectivity index (χ2n) is 5.33. The van der Waals surface area contributed by atoms with Crippen LogP contribution in [0.4, 0.5) is 5.82 Å². The highest BCUT2D eigenvalue weighted by atomic mass is 35.5. The van der Waals surface area contributed by atoms with Gasteiger partial charge in [0.2, 0.25) is 0 Å². The highest BCUT2D eigenvalue weighted by molar-refractivity contribution is 7.80. The van der Waals surface area contributed by atoms with Gasteiger partial charge in [-0.05, 0) is 50.7 Å². The first-order valence-corrected chi connectivity index (χ1v) is 8.07. The molecule has 0 unspecified atom stereocenters. The molecule has 118 valence electrons. The smallest absolute Gasteiger partial charge is 0.172 e. The molecule has 22 heavy (non-hydrogen) atoms. The topological polar surface area (TPSA) is 41.9 Å². The first-order chi connectivity index (χ1) is 10.3. The van der Waals surface area contributed by atoms with Gasteiger partial charge in [-0.1, -0.05) is 29.3 Å². The molecule has 0 fully saturated rings. The van der Waals surface area contributed by atoms with Gasteiger partial charge in [-0.25, -0.2) is 0 Å². The Balaban J connectivity index is 2.09. The summed E-state index contributed by atoms with van der Waals surface area (Å²) >= 11 is 17.2. The summed E-state index contributed by atoms with van der Waals surface area (Å²) in [5, 5.41) is 12.4. The minimum atomic E-state index is 0.277. The van der Waals surface area contributed by atoms with E-state index in [0.29, 0.717) is 21.7 Å². The van der Waals surface area contributed by atoms with E-state index in [1.165, 1.54) is 0 Å². The number of thiocarbonyl (C=S) groups is 1. The number of benzene rings is 1. The molecule has 1 aromatic heterocycles. The van der Waals surface area contributed by atoms with Crippen molar-refractivity contribution >= 4 is 46.4 Å². The molecule has 2 rings (SSSR count). The molecule has 0 bridgehead atoms. The van der Waals surface area contributed by atoms with Crippen molar-refractivity contribution in [3.8, 4) is 0 Å². The molecule has 0 aliphatic heterocycles. The first-order valence-electron chi connectivity index (χ1n) is 6.91. The summed E-state index contributed by atoms with van der Waals surface area (Å²) < 4.78 is 1.89. The molecule has 0 radical (unpaired) electrons. The van der Waals surface area contributed by atoms with Crippen LogP contribution in [0, 0.1) is 6.92 Å². The fourth-order valence-electron chi connectivity index (χ4n) is 1.96. The maximum atomic E-state index is 6.04. The van der Waals surface area contributed by atoms with Crippen molar-refractivity contribution in [1.82, 2.24) is 15.1 Å². The number of nitrogens with one attached hydrogen (secondary N) is 2. The fraction of sp³-hybridized carbons (Fsp3) is 0.333. The number of aromatic nitrogens is 2. The average Bonchev–Trinajstić information content (AvgIpc) is 2.73. The second-order valence-corrected chi connectivity index (χ2v) is 6.55. The van der Waals surface area contributed by atoms with Crippen molar-refractivity contribution in [2.24, 2.45) is 0 Å². The number of anilines is 1. The largest absolute Gasteiger partial charge is 0.360 e. The summed E-state index contributed by atoms with van der Waals surface area (Å²) in [5.41, 5.74) is 2.07. The number of halogens is 2. The zero-order valence-electron chi connectivity index (χ0n) is 12.7. The Morgan fingerprint density at radius 2 is 2.00 bits per heavy atom. The molecule has 7 heteroatoms. The Morgan fingerprint density at radius 3 is 2.64 bits per heavy atom. The number of rotatable bonds is 4. The molecule has 0 saturated carbocycles. The van der Waals surface area contributed by atoms with Crippen molar-refractivity contribution in [1.29, 1.82) is 0 Å². The molecule has 4 nitrogen and oxygen atoms in total. The maximum Gasteiger partial charge on any atom is 0.172 e. The molecule has 1 aromatic carbocycles. The normalized spacial score (nSPS) is 10.8. The molecular weight excluding hydrogens is 339 g/mol. The van der Waals surface area contributed by atoms with Gasteiger partial charge < -0.3 is 10.6 Å². The molecule has 0 saturated heterocycles. The van der Waals surface area contributed by atoms with Crippen molar-refractivity contribution < 1.29 is 0 Å². The lowest BCUT2D eigenvalue weighted by molar-refractivity contribution is 0.667. The van der Waals surface area contributed by atoms with Gasteiger partial charge in [0.1, 0.15) is 0 Å². The van der Waals surface area contributed by atoms with Crippen molar-refractivity contribution in [2.45, 2.75) is 33.4 Å². The van der Waals surface area contributed by atoms with Gasteiger partial charge in [-0.15, -0.1) is 0 Å². The van der Waals surface area contributed by atoms with E-state index in [1.54, 1.807) is 6.07 Å². The highest BCUT2D eigenvalue weighted by Gasteiger charge is 2.08.